The van der Waals surface area contributed by atoms with E-state index in [2.05, 4.69) is 20.8 Å². The minimum absolute atomic E-state index is 0.0449. The first kappa shape index (κ1) is 15.3. The molecule has 2 fully saturated rings. The smallest absolute Gasteiger partial charge is 0.0636 e. The van der Waals surface area contributed by atoms with Crippen LogP contribution in [0.3, 0.4) is 0 Å². The molecule has 4 unspecified atom stereocenters. The van der Waals surface area contributed by atoms with Crippen molar-refractivity contribution in [2.45, 2.75) is 71.4 Å². The first-order valence-corrected chi connectivity index (χ1v) is 7.74. The molecule has 19 heavy (non-hydrogen) atoms. The van der Waals surface area contributed by atoms with Gasteiger partial charge in [0, 0.05) is 12.1 Å². The van der Waals surface area contributed by atoms with E-state index in [-0.39, 0.29) is 6.61 Å². The Morgan fingerprint density at radius 2 is 2.05 bits per heavy atom. The number of ether oxygens (including phenoxy) is 1. The van der Waals surface area contributed by atoms with Gasteiger partial charge in [-0.25, -0.2) is 0 Å². The van der Waals surface area contributed by atoms with Crippen LogP contribution in [0.5, 0.6) is 0 Å². The predicted molar refractivity (Wildman–Crippen MR) is 77.9 cm³/mol. The monoisotopic (exact) mass is 269 g/mol. The third kappa shape index (κ3) is 2.57. The zero-order valence-corrected chi connectivity index (χ0v) is 13.0. The van der Waals surface area contributed by atoms with Gasteiger partial charge in [-0.1, -0.05) is 20.8 Å². The Morgan fingerprint density at radius 3 is 2.53 bits per heavy atom. The third-order valence-electron chi connectivity index (χ3n) is 6.29. The van der Waals surface area contributed by atoms with Gasteiger partial charge in [-0.15, -0.1) is 0 Å². The largest absolute Gasteiger partial charge is 0.394 e. The molecule has 2 rings (SSSR count). The lowest BCUT2D eigenvalue weighted by Crippen LogP contribution is -2.40. The lowest BCUT2D eigenvalue weighted by Gasteiger charge is -2.39. The summed E-state index contributed by atoms with van der Waals surface area (Å²) in [7, 11) is 0. The maximum Gasteiger partial charge on any atom is 0.0636 e. The first-order chi connectivity index (χ1) is 8.73. The molecule has 2 aliphatic rings. The van der Waals surface area contributed by atoms with Crippen molar-refractivity contribution in [3.8, 4) is 0 Å². The highest BCUT2D eigenvalue weighted by molar-refractivity contribution is 5.11. The van der Waals surface area contributed by atoms with Crippen molar-refractivity contribution in [2.24, 2.45) is 22.5 Å². The second kappa shape index (κ2) is 5.01. The zero-order chi connectivity index (χ0) is 14.3. The van der Waals surface area contributed by atoms with E-state index < -0.39 is 5.54 Å². The third-order valence-corrected chi connectivity index (χ3v) is 6.29. The summed E-state index contributed by atoms with van der Waals surface area (Å²) in [6.07, 6.45) is 6.07. The van der Waals surface area contributed by atoms with E-state index in [1.54, 1.807) is 0 Å². The number of aliphatic hydroxyl groups is 1. The van der Waals surface area contributed by atoms with E-state index in [0.29, 0.717) is 16.9 Å². The molecule has 0 amide bonds. The number of rotatable bonds is 6. The van der Waals surface area contributed by atoms with Crippen LogP contribution < -0.4 is 5.73 Å². The number of hydrogen-bond acceptors (Lipinski definition) is 3. The maximum atomic E-state index is 9.13. The van der Waals surface area contributed by atoms with Crippen LogP contribution >= 0.6 is 0 Å². The van der Waals surface area contributed by atoms with Crippen LogP contribution in [0.1, 0.15) is 59.8 Å². The Kier molecular flexibility index (Phi) is 4.03. The molecule has 3 heteroatoms. The van der Waals surface area contributed by atoms with E-state index in [1.165, 1.54) is 19.3 Å². The normalized spacial score (nSPS) is 39.5. The molecule has 0 aromatic heterocycles. The maximum absolute atomic E-state index is 9.13. The highest BCUT2D eigenvalue weighted by Crippen LogP contribution is 2.66. The SMILES string of the molecule is CC(N)(CO)CCCOC1CC2CCC1(C)C2(C)C. The molecule has 3 nitrogen and oxygen atoms in total. The number of hydrogen-bond donors (Lipinski definition) is 2. The summed E-state index contributed by atoms with van der Waals surface area (Å²) >= 11 is 0. The van der Waals surface area contributed by atoms with Gasteiger partial charge in [-0.05, 0) is 55.8 Å². The van der Waals surface area contributed by atoms with Gasteiger partial charge in [-0.3, -0.25) is 0 Å². The molecule has 2 bridgehead atoms. The summed E-state index contributed by atoms with van der Waals surface area (Å²) in [5.41, 5.74) is 6.25. The molecular formula is C16H31NO2. The Hall–Kier alpha value is -0.120. The Labute approximate surface area is 117 Å². The number of nitrogens with two attached hydrogens (primary N) is 1. The number of fused-ring (bicyclic) bond motifs is 2. The molecule has 2 aliphatic carbocycles. The molecule has 0 radical (unpaired) electrons. The second-order valence-electron chi connectivity index (χ2n) is 7.89. The van der Waals surface area contributed by atoms with Crippen molar-refractivity contribution in [3.63, 3.8) is 0 Å². The van der Waals surface area contributed by atoms with Crippen molar-refractivity contribution in [2.75, 3.05) is 13.2 Å². The summed E-state index contributed by atoms with van der Waals surface area (Å²) in [6, 6.07) is 0. The summed E-state index contributed by atoms with van der Waals surface area (Å²) in [6.45, 7) is 9.95. The first-order valence-electron chi connectivity index (χ1n) is 7.74. The molecule has 4 atom stereocenters. The van der Waals surface area contributed by atoms with Gasteiger partial charge < -0.3 is 15.6 Å². The zero-order valence-electron chi connectivity index (χ0n) is 13.0. The highest BCUT2D eigenvalue weighted by Gasteiger charge is 2.61. The molecule has 0 aliphatic heterocycles. The Balaban J connectivity index is 1.80. The van der Waals surface area contributed by atoms with E-state index in [9.17, 15) is 0 Å². The molecule has 0 aromatic carbocycles. The average Bonchev–Trinajstić information content (AvgIpc) is 2.67. The van der Waals surface area contributed by atoms with E-state index in [1.807, 2.05) is 6.92 Å². The van der Waals surface area contributed by atoms with Gasteiger partial charge in [0.2, 0.25) is 0 Å². The van der Waals surface area contributed by atoms with Crippen molar-refractivity contribution >= 4 is 0 Å². The molecule has 0 aromatic rings. The van der Waals surface area contributed by atoms with Gasteiger partial charge in [0.15, 0.2) is 0 Å². The molecule has 0 heterocycles. The summed E-state index contributed by atoms with van der Waals surface area (Å²) < 4.78 is 6.18. The lowest BCUT2D eigenvalue weighted by molar-refractivity contribution is -0.0487. The molecule has 3 N–H and O–H groups in total. The molecular weight excluding hydrogens is 238 g/mol. The minimum atomic E-state index is -0.457. The minimum Gasteiger partial charge on any atom is -0.394 e. The Bertz CT molecular complexity index is 327. The van der Waals surface area contributed by atoms with Gasteiger partial charge in [-0.2, -0.15) is 0 Å². The van der Waals surface area contributed by atoms with Crippen LogP contribution in [0.2, 0.25) is 0 Å². The lowest BCUT2D eigenvalue weighted by atomic mass is 9.70. The van der Waals surface area contributed by atoms with E-state index in [0.717, 1.165) is 25.4 Å². The van der Waals surface area contributed by atoms with Crippen LogP contribution in [0.4, 0.5) is 0 Å². The van der Waals surface area contributed by atoms with Crippen molar-refractivity contribution < 1.29 is 9.84 Å². The van der Waals surface area contributed by atoms with Gasteiger partial charge >= 0.3 is 0 Å². The van der Waals surface area contributed by atoms with Crippen molar-refractivity contribution in [1.82, 2.24) is 0 Å². The fourth-order valence-electron chi connectivity index (χ4n) is 4.16. The standard InChI is InChI=1S/C16H31NO2/c1-14(2)12-6-8-16(14,4)13(10-12)19-9-5-7-15(3,17)11-18/h12-13,18H,5-11,17H2,1-4H3. The number of aliphatic hydroxyl groups excluding tert-OH is 1. The van der Waals surface area contributed by atoms with Crippen LogP contribution in [0, 0.1) is 16.7 Å². The van der Waals surface area contributed by atoms with Gasteiger partial charge in [0.25, 0.3) is 0 Å². The predicted octanol–water partition coefficient (Wildman–Crippen LogP) is 2.71. The van der Waals surface area contributed by atoms with E-state index >= 15 is 0 Å². The van der Waals surface area contributed by atoms with Crippen LogP contribution in [-0.2, 0) is 4.74 Å². The van der Waals surface area contributed by atoms with Crippen LogP contribution in [0.15, 0.2) is 0 Å². The molecule has 0 saturated heterocycles. The second-order valence-corrected chi connectivity index (χ2v) is 7.89. The summed E-state index contributed by atoms with van der Waals surface area (Å²) in [5, 5.41) is 9.13. The van der Waals surface area contributed by atoms with Crippen LogP contribution in [-0.4, -0.2) is 30.0 Å². The van der Waals surface area contributed by atoms with Gasteiger partial charge in [0.1, 0.15) is 0 Å². The van der Waals surface area contributed by atoms with Crippen molar-refractivity contribution in [1.29, 1.82) is 0 Å². The fraction of sp³-hybridized carbons (Fsp3) is 1.00. The Morgan fingerprint density at radius 1 is 1.37 bits per heavy atom. The fourth-order valence-corrected chi connectivity index (χ4v) is 4.16. The van der Waals surface area contributed by atoms with Gasteiger partial charge in [0.05, 0.1) is 12.7 Å². The quantitative estimate of drug-likeness (QED) is 0.729. The van der Waals surface area contributed by atoms with Crippen molar-refractivity contribution in [3.05, 3.63) is 0 Å². The average molecular weight is 269 g/mol. The topological polar surface area (TPSA) is 55.5 Å². The highest BCUT2D eigenvalue weighted by atomic mass is 16.5. The van der Waals surface area contributed by atoms with Crippen LogP contribution in [0.25, 0.3) is 0 Å². The molecule has 2 saturated carbocycles. The summed E-state index contributed by atoms with van der Waals surface area (Å²) in [4.78, 5) is 0. The summed E-state index contributed by atoms with van der Waals surface area (Å²) in [5.74, 6) is 0.833. The van der Waals surface area contributed by atoms with E-state index in [4.69, 9.17) is 15.6 Å². The molecule has 0 spiro atoms. The molecule has 112 valence electrons.